The van der Waals surface area contributed by atoms with Crippen LogP contribution in [0, 0.1) is 12.3 Å². The second-order valence-electron chi connectivity index (χ2n) is 9.57. The summed E-state index contributed by atoms with van der Waals surface area (Å²) in [6.07, 6.45) is 2.74. The molecule has 0 radical (unpaired) electrons. The van der Waals surface area contributed by atoms with E-state index in [0.717, 1.165) is 29.5 Å². The van der Waals surface area contributed by atoms with Crippen molar-refractivity contribution in [2.75, 3.05) is 0 Å². The van der Waals surface area contributed by atoms with Crippen molar-refractivity contribution in [1.29, 1.82) is 0 Å². The van der Waals surface area contributed by atoms with Gasteiger partial charge >= 0.3 is 5.97 Å². The van der Waals surface area contributed by atoms with Gasteiger partial charge in [0, 0.05) is 22.0 Å². The maximum absolute atomic E-state index is 13.7. The predicted octanol–water partition coefficient (Wildman–Crippen LogP) is 5.67. The first-order valence-corrected chi connectivity index (χ1v) is 11.5. The van der Waals surface area contributed by atoms with Gasteiger partial charge in [0.1, 0.15) is 5.60 Å². The third-order valence-electron chi connectivity index (χ3n) is 7.52. The Morgan fingerprint density at radius 2 is 2.06 bits per heavy atom. The molecule has 2 aromatic carbocycles. The molecule has 6 heteroatoms. The Balaban J connectivity index is 1.54. The minimum Gasteiger partial charge on any atom is -0.459 e. The lowest BCUT2D eigenvalue weighted by molar-refractivity contribution is -0.189. The molecule has 2 aliphatic carbocycles. The number of esters is 1. The molecule has 1 saturated carbocycles. The number of amides is 1. The zero-order valence-corrected chi connectivity index (χ0v) is 19.1. The lowest BCUT2D eigenvalue weighted by Gasteiger charge is -2.53. The largest absolute Gasteiger partial charge is 0.459 e. The Morgan fingerprint density at radius 3 is 2.84 bits per heavy atom. The van der Waals surface area contributed by atoms with E-state index in [4.69, 9.17) is 27.9 Å². The second kappa shape index (κ2) is 7.25. The molecule has 1 N–H and O–H groups in total. The van der Waals surface area contributed by atoms with Crippen LogP contribution in [0.25, 0.3) is 0 Å². The van der Waals surface area contributed by atoms with Gasteiger partial charge < -0.3 is 10.1 Å². The summed E-state index contributed by atoms with van der Waals surface area (Å²) in [5.41, 5.74) is 3.29. The van der Waals surface area contributed by atoms with Crippen molar-refractivity contribution in [2.45, 2.75) is 63.5 Å². The first-order chi connectivity index (χ1) is 14.7. The van der Waals surface area contributed by atoms with Gasteiger partial charge in [0.05, 0.1) is 12.3 Å². The van der Waals surface area contributed by atoms with Crippen molar-refractivity contribution >= 4 is 35.1 Å². The molecule has 1 aliphatic heterocycles. The van der Waals surface area contributed by atoms with Gasteiger partial charge in [0.25, 0.3) is 0 Å². The third-order valence-corrected chi connectivity index (χ3v) is 8.11. The Hall–Kier alpha value is -2.04. The minimum atomic E-state index is -0.500. The number of carbonyl (C=O) groups is 2. The summed E-state index contributed by atoms with van der Waals surface area (Å²) in [6, 6.07) is 11.5. The fraction of sp³-hybridized carbons (Fsp3) is 0.440. The molecule has 162 valence electrons. The summed E-state index contributed by atoms with van der Waals surface area (Å²) in [5.74, 6) is -0.434. The highest BCUT2D eigenvalue weighted by molar-refractivity contribution is 6.35. The molecular weight excluding hydrogens is 433 g/mol. The zero-order valence-electron chi connectivity index (χ0n) is 17.6. The van der Waals surface area contributed by atoms with Crippen LogP contribution in [0.5, 0.6) is 0 Å². The van der Waals surface area contributed by atoms with Gasteiger partial charge in [0.15, 0.2) is 0 Å². The number of ether oxygens (including phenoxy) is 1. The highest BCUT2D eigenvalue weighted by atomic mass is 35.5. The third kappa shape index (κ3) is 3.27. The number of aryl methyl sites for hydroxylation is 1. The van der Waals surface area contributed by atoms with Crippen molar-refractivity contribution in [3.05, 3.63) is 68.7 Å². The highest BCUT2D eigenvalue weighted by Crippen LogP contribution is 2.67. The van der Waals surface area contributed by atoms with Crippen LogP contribution in [-0.4, -0.2) is 17.5 Å². The fourth-order valence-electron chi connectivity index (χ4n) is 6.40. The molecule has 4 nitrogen and oxygen atoms in total. The van der Waals surface area contributed by atoms with E-state index in [0.29, 0.717) is 23.0 Å². The number of hydrogen-bond acceptors (Lipinski definition) is 3. The summed E-state index contributed by atoms with van der Waals surface area (Å²) < 4.78 is 5.76. The van der Waals surface area contributed by atoms with E-state index in [2.05, 4.69) is 30.4 Å². The van der Waals surface area contributed by atoms with Crippen LogP contribution in [0.15, 0.2) is 36.4 Å². The van der Waals surface area contributed by atoms with E-state index in [9.17, 15) is 9.59 Å². The summed E-state index contributed by atoms with van der Waals surface area (Å²) in [5, 5.41) is 4.19. The van der Waals surface area contributed by atoms with E-state index in [1.54, 1.807) is 12.1 Å². The number of rotatable bonds is 3. The number of benzene rings is 2. The molecule has 1 heterocycles. The molecule has 1 saturated heterocycles. The first kappa shape index (κ1) is 20.8. The SMILES string of the molecule is Cc1cccc2c1[C@H](C(=O)NCc1ccc(Cl)cc1Cl)[C@@]13CC(=O)O[C@@](C)(CC[C@@H]21)C3. The maximum Gasteiger partial charge on any atom is 0.306 e. The average molecular weight is 458 g/mol. The summed E-state index contributed by atoms with van der Waals surface area (Å²) >= 11 is 12.3. The number of nitrogens with one attached hydrogen (secondary N) is 1. The van der Waals surface area contributed by atoms with Crippen LogP contribution in [0.1, 0.15) is 66.7 Å². The normalized spacial score (nSPS) is 30.9. The fourth-order valence-corrected chi connectivity index (χ4v) is 6.87. The molecule has 0 aromatic heterocycles. The van der Waals surface area contributed by atoms with Gasteiger partial charge in [-0.3, -0.25) is 9.59 Å². The van der Waals surface area contributed by atoms with Crippen molar-refractivity contribution in [3.63, 3.8) is 0 Å². The van der Waals surface area contributed by atoms with Crippen molar-refractivity contribution in [2.24, 2.45) is 5.41 Å². The standard InChI is InChI=1S/C25H25Cl2NO3/c1-14-4-3-5-17-18-8-9-24(2)13-25(18,11-20(29)31-24)22(21(14)17)23(30)28-12-15-6-7-16(26)10-19(15)27/h3-7,10,18,22H,8-9,11-13H2,1-2H3,(H,28,30)/t18-,22+,24-,25+/m0/s1. The topological polar surface area (TPSA) is 55.4 Å². The molecule has 1 spiro atoms. The van der Waals surface area contributed by atoms with Gasteiger partial charge in [-0.1, -0.05) is 47.5 Å². The molecule has 4 atom stereocenters. The van der Waals surface area contributed by atoms with Crippen molar-refractivity contribution in [1.82, 2.24) is 5.32 Å². The summed E-state index contributed by atoms with van der Waals surface area (Å²) in [4.78, 5) is 26.4. The van der Waals surface area contributed by atoms with Crippen LogP contribution in [0.2, 0.25) is 10.0 Å². The molecule has 3 aliphatic rings. The van der Waals surface area contributed by atoms with E-state index in [1.807, 2.05) is 13.0 Å². The Morgan fingerprint density at radius 1 is 1.26 bits per heavy atom. The Labute approximate surface area is 192 Å². The molecule has 2 bridgehead atoms. The van der Waals surface area contributed by atoms with E-state index < -0.39 is 11.0 Å². The predicted molar refractivity (Wildman–Crippen MR) is 120 cm³/mol. The second-order valence-corrected chi connectivity index (χ2v) is 10.4. The van der Waals surface area contributed by atoms with Gasteiger partial charge in [-0.25, -0.2) is 0 Å². The van der Waals surface area contributed by atoms with Crippen LogP contribution in [0.4, 0.5) is 0 Å². The van der Waals surface area contributed by atoms with Gasteiger partial charge in [-0.15, -0.1) is 0 Å². The average Bonchev–Trinajstić information content (AvgIpc) is 2.94. The van der Waals surface area contributed by atoms with E-state index >= 15 is 0 Å². The number of carbonyl (C=O) groups excluding carboxylic acids is 2. The summed E-state index contributed by atoms with van der Waals surface area (Å²) in [7, 11) is 0. The molecule has 0 unspecified atom stereocenters. The minimum absolute atomic E-state index is 0.0528. The maximum atomic E-state index is 13.7. The highest BCUT2D eigenvalue weighted by Gasteiger charge is 2.64. The van der Waals surface area contributed by atoms with E-state index in [-0.39, 0.29) is 30.1 Å². The Kier molecular flexibility index (Phi) is 4.87. The van der Waals surface area contributed by atoms with Crippen LogP contribution in [0.3, 0.4) is 0 Å². The van der Waals surface area contributed by atoms with Crippen molar-refractivity contribution < 1.29 is 14.3 Å². The molecule has 5 rings (SSSR count). The number of hydrogen-bond donors (Lipinski definition) is 1. The Bertz CT molecular complexity index is 1100. The number of halogens is 2. The smallest absolute Gasteiger partial charge is 0.306 e. The zero-order chi connectivity index (χ0) is 22.0. The first-order valence-electron chi connectivity index (χ1n) is 10.8. The van der Waals surface area contributed by atoms with Crippen LogP contribution in [-0.2, 0) is 20.9 Å². The molecule has 31 heavy (non-hydrogen) atoms. The molecule has 1 amide bonds. The molecule has 2 fully saturated rings. The van der Waals surface area contributed by atoms with Crippen molar-refractivity contribution in [3.8, 4) is 0 Å². The molecular formula is C25H25Cl2NO3. The van der Waals surface area contributed by atoms with E-state index in [1.165, 1.54) is 5.56 Å². The summed E-state index contributed by atoms with van der Waals surface area (Å²) in [6.45, 7) is 4.39. The lowest BCUT2D eigenvalue weighted by Crippen LogP contribution is -2.54. The lowest BCUT2D eigenvalue weighted by atomic mass is 9.56. The van der Waals surface area contributed by atoms with Crippen LogP contribution < -0.4 is 5.32 Å². The number of fused-ring (bicyclic) bond motifs is 3. The monoisotopic (exact) mass is 457 g/mol. The van der Waals surface area contributed by atoms with Crippen LogP contribution >= 0.6 is 23.2 Å². The quantitative estimate of drug-likeness (QED) is 0.603. The molecule has 2 aromatic rings. The van der Waals surface area contributed by atoms with Gasteiger partial charge in [-0.05, 0) is 73.4 Å². The van der Waals surface area contributed by atoms with Gasteiger partial charge in [-0.2, -0.15) is 0 Å². The van der Waals surface area contributed by atoms with Gasteiger partial charge in [0.2, 0.25) is 5.91 Å².